The number of nitrogens with zero attached hydrogens (tertiary/aromatic N) is 2. The van der Waals surface area contributed by atoms with Gasteiger partial charge in [-0.05, 0) is 42.0 Å². The Morgan fingerprint density at radius 1 is 0.821 bits per heavy atom. The molecule has 4 rings (SSSR count). The minimum absolute atomic E-state index is 0.269. The van der Waals surface area contributed by atoms with Crippen molar-refractivity contribution >= 4 is 17.1 Å². The Balaban J connectivity index is 1.43. The molecule has 0 saturated carbocycles. The van der Waals surface area contributed by atoms with Gasteiger partial charge in [0.2, 0.25) is 0 Å². The molecule has 28 heavy (non-hydrogen) atoms. The van der Waals surface area contributed by atoms with Gasteiger partial charge in [-0.2, -0.15) is 0 Å². The van der Waals surface area contributed by atoms with Gasteiger partial charge in [0, 0.05) is 38.4 Å². The molecule has 1 aliphatic heterocycles. The van der Waals surface area contributed by atoms with Gasteiger partial charge in [0.05, 0.1) is 0 Å². The summed E-state index contributed by atoms with van der Waals surface area (Å²) in [5.74, 6) is -0.624. The van der Waals surface area contributed by atoms with Crippen LogP contribution in [0.1, 0.15) is 5.56 Å². The number of anilines is 3. The second-order valence-corrected chi connectivity index (χ2v) is 6.82. The molecule has 1 aliphatic rings. The lowest BCUT2D eigenvalue weighted by Gasteiger charge is -2.38. The first-order valence-corrected chi connectivity index (χ1v) is 9.10. The van der Waals surface area contributed by atoms with Crippen LogP contribution in [0.5, 0.6) is 0 Å². The van der Waals surface area contributed by atoms with Gasteiger partial charge >= 0.3 is 0 Å². The van der Waals surface area contributed by atoms with E-state index in [0.717, 1.165) is 5.69 Å². The van der Waals surface area contributed by atoms with Gasteiger partial charge < -0.3 is 15.1 Å². The highest BCUT2D eigenvalue weighted by molar-refractivity contribution is 5.75. The fourth-order valence-corrected chi connectivity index (χ4v) is 3.52. The molecule has 0 aliphatic carbocycles. The van der Waals surface area contributed by atoms with Gasteiger partial charge in [-0.25, -0.2) is 8.78 Å². The maximum atomic E-state index is 13.3. The van der Waals surface area contributed by atoms with Crippen molar-refractivity contribution in [3.63, 3.8) is 0 Å². The number of hydrogen-bond donors (Lipinski definition) is 1. The summed E-state index contributed by atoms with van der Waals surface area (Å²) < 4.78 is 26.4. The van der Waals surface area contributed by atoms with Crippen molar-refractivity contribution < 1.29 is 8.78 Å². The van der Waals surface area contributed by atoms with Gasteiger partial charge in [-0.15, -0.1) is 0 Å². The largest absolute Gasteiger partial charge is 0.376 e. The Labute approximate surface area is 160 Å². The van der Waals surface area contributed by atoms with Gasteiger partial charge in [0.25, 0.3) is 10.9 Å². The van der Waals surface area contributed by atoms with Crippen LogP contribution < -0.4 is 26.0 Å². The van der Waals surface area contributed by atoms with E-state index in [4.69, 9.17) is 0 Å². The van der Waals surface area contributed by atoms with E-state index < -0.39 is 10.9 Å². The van der Waals surface area contributed by atoms with Crippen molar-refractivity contribution in [2.75, 3.05) is 41.3 Å². The minimum Gasteiger partial charge on any atom is -0.376 e. The summed E-state index contributed by atoms with van der Waals surface area (Å²) in [6, 6.07) is 12.4. The van der Waals surface area contributed by atoms with Gasteiger partial charge in [-0.1, -0.05) is 12.1 Å². The van der Waals surface area contributed by atoms with E-state index >= 15 is 0 Å². The molecule has 0 spiro atoms. The van der Waals surface area contributed by atoms with Gasteiger partial charge in [0.15, 0.2) is 0 Å². The van der Waals surface area contributed by atoms with E-state index in [1.165, 1.54) is 24.3 Å². The quantitative estimate of drug-likeness (QED) is 0.686. The lowest BCUT2D eigenvalue weighted by Crippen LogP contribution is -2.51. The van der Waals surface area contributed by atoms with Crippen molar-refractivity contribution in [3.05, 3.63) is 86.2 Å². The predicted octanol–water partition coefficient (Wildman–Crippen LogP) is 2.50. The Hall–Kier alpha value is -3.22. The van der Waals surface area contributed by atoms with Crippen molar-refractivity contribution in [1.29, 1.82) is 0 Å². The van der Waals surface area contributed by atoms with Crippen LogP contribution in [0, 0.1) is 11.6 Å². The molecule has 1 heterocycles. The molecule has 0 bridgehead atoms. The second-order valence-electron chi connectivity index (χ2n) is 6.82. The van der Waals surface area contributed by atoms with E-state index in [1.807, 2.05) is 4.90 Å². The number of piperazine rings is 1. The number of nitrogens with one attached hydrogen (secondary N) is 1. The summed E-state index contributed by atoms with van der Waals surface area (Å²) in [7, 11) is 0. The smallest absolute Gasteiger partial charge is 0.253 e. The zero-order valence-corrected chi connectivity index (χ0v) is 15.1. The summed E-state index contributed by atoms with van der Waals surface area (Å²) in [5, 5.41) is 2.98. The van der Waals surface area contributed by atoms with Crippen molar-refractivity contribution in [2.45, 2.75) is 6.54 Å². The third kappa shape index (κ3) is 3.47. The molecule has 1 N–H and O–H groups in total. The van der Waals surface area contributed by atoms with Crippen LogP contribution in [-0.4, -0.2) is 26.2 Å². The van der Waals surface area contributed by atoms with Crippen LogP contribution in [0.15, 0.2) is 58.1 Å². The third-order valence-corrected chi connectivity index (χ3v) is 5.03. The maximum Gasteiger partial charge on any atom is 0.253 e. The van der Waals surface area contributed by atoms with Crippen LogP contribution >= 0.6 is 0 Å². The molecule has 144 valence electrons. The minimum atomic E-state index is -0.535. The molecule has 3 aromatic rings. The topological polar surface area (TPSA) is 52.7 Å². The van der Waals surface area contributed by atoms with E-state index in [-0.39, 0.29) is 18.2 Å². The second kappa shape index (κ2) is 7.42. The number of halogens is 2. The zero-order valence-electron chi connectivity index (χ0n) is 15.1. The van der Waals surface area contributed by atoms with Crippen molar-refractivity contribution in [2.24, 2.45) is 0 Å². The van der Waals surface area contributed by atoms with Crippen molar-refractivity contribution in [1.82, 2.24) is 0 Å². The Morgan fingerprint density at radius 2 is 1.50 bits per heavy atom. The van der Waals surface area contributed by atoms with E-state index in [1.54, 1.807) is 24.3 Å². The van der Waals surface area contributed by atoms with Gasteiger partial charge in [-0.3, -0.25) is 9.59 Å². The first-order valence-electron chi connectivity index (χ1n) is 9.10. The fraction of sp³-hybridized carbons (Fsp3) is 0.238. The molecule has 0 unspecified atom stereocenters. The Morgan fingerprint density at radius 3 is 2.18 bits per heavy atom. The highest BCUT2D eigenvalue weighted by Crippen LogP contribution is 2.24. The average molecular weight is 383 g/mol. The fourth-order valence-electron chi connectivity index (χ4n) is 3.52. The summed E-state index contributed by atoms with van der Waals surface area (Å²) in [6.07, 6.45) is 0. The standard InChI is InChI=1S/C21H19F2N3O2/c22-15-4-6-17(7-5-15)25-8-10-26(11-9-25)19-18(20(27)21(19)28)24-13-14-2-1-3-16(23)12-14/h1-7,12,24H,8-11,13H2. The molecule has 0 amide bonds. The highest BCUT2D eigenvalue weighted by Gasteiger charge is 2.28. The van der Waals surface area contributed by atoms with Crippen molar-refractivity contribution in [3.8, 4) is 0 Å². The molecule has 1 fully saturated rings. The van der Waals surface area contributed by atoms with E-state index in [2.05, 4.69) is 10.2 Å². The summed E-state index contributed by atoms with van der Waals surface area (Å²) in [6.45, 7) is 2.75. The highest BCUT2D eigenvalue weighted by atomic mass is 19.1. The summed E-state index contributed by atoms with van der Waals surface area (Å²) >= 11 is 0. The van der Waals surface area contributed by atoms with Crippen LogP contribution in [0.2, 0.25) is 0 Å². The Kier molecular flexibility index (Phi) is 4.81. The molecule has 3 aromatic carbocycles. The van der Waals surface area contributed by atoms with Crippen LogP contribution in [0.4, 0.5) is 25.8 Å². The lowest BCUT2D eigenvalue weighted by molar-refractivity contribution is 0.624. The monoisotopic (exact) mass is 383 g/mol. The zero-order chi connectivity index (χ0) is 19.7. The molecule has 0 radical (unpaired) electrons. The maximum absolute atomic E-state index is 13.3. The van der Waals surface area contributed by atoms with E-state index in [0.29, 0.717) is 43.1 Å². The first-order chi connectivity index (χ1) is 13.5. The van der Waals surface area contributed by atoms with Crippen LogP contribution in [-0.2, 0) is 6.54 Å². The summed E-state index contributed by atoms with van der Waals surface area (Å²) in [5.41, 5.74) is 1.30. The SMILES string of the molecule is O=c1c(NCc2cccc(F)c2)c(N2CCN(c3ccc(F)cc3)CC2)c1=O. The Bertz CT molecular complexity index is 1050. The van der Waals surface area contributed by atoms with Crippen LogP contribution in [0.3, 0.4) is 0 Å². The van der Waals surface area contributed by atoms with Gasteiger partial charge in [0.1, 0.15) is 23.0 Å². The molecule has 0 aromatic heterocycles. The molecule has 5 nitrogen and oxygen atoms in total. The number of hydrogen-bond acceptors (Lipinski definition) is 5. The normalized spacial score (nSPS) is 14.5. The molecular formula is C21H19F2N3O2. The molecule has 0 atom stereocenters. The lowest BCUT2D eigenvalue weighted by atomic mass is 10.1. The van der Waals surface area contributed by atoms with Crippen LogP contribution in [0.25, 0.3) is 0 Å². The summed E-state index contributed by atoms with van der Waals surface area (Å²) in [4.78, 5) is 28.1. The molecule has 1 saturated heterocycles. The first kappa shape index (κ1) is 18.2. The molecular weight excluding hydrogens is 364 g/mol. The average Bonchev–Trinajstić information content (AvgIpc) is 2.71. The van der Waals surface area contributed by atoms with E-state index in [9.17, 15) is 18.4 Å². The third-order valence-electron chi connectivity index (χ3n) is 5.03. The molecule has 7 heteroatoms. The number of rotatable bonds is 5. The number of benzene rings is 2. The predicted molar refractivity (Wildman–Crippen MR) is 106 cm³/mol.